The molecule has 1 aromatic heterocycles. The van der Waals surface area contributed by atoms with Gasteiger partial charge in [0, 0.05) is 18.8 Å². The van der Waals surface area contributed by atoms with Gasteiger partial charge in [0.25, 0.3) is 5.91 Å². The predicted octanol–water partition coefficient (Wildman–Crippen LogP) is 1.59. The Bertz CT molecular complexity index is 562. The maximum Gasteiger partial charge on any atom is 0.254 e. The smallest absolute Gasteiger partial charge is 0.254 e. The van der Waals surface area contributed by atoms with Gasteiger partial charge in [-0.3, -0.25) is 4.79 Å². The number of hydrogen-bond acceptors (Lipinski definition) is 3. The van der Waals surface area contributed by atoms with Crippen LogP contribution in [-0.2, 0) is 0 Å². The predicted molar refractivity (Wildman–Crippen MR) is 78.7 cm³/mol. The quantitative estimate of drug-likeness (QED) is 0.868. The van der Waals surface area contributed by atoms with Gasteiger partial charge in [0.2, 0.25) is 0 Å². The van der Waals surface area contributed by atoms with Crippen LogP contribution in [0, 0.1) is 5.92 Å². The molecule has 5 heteroatoms. The zero-order valence-corrected chi connectivity index (χ0v) is 11.8. The Morgan fingerprint density at radius 2 is 2.05 bits per heavy atom. The fourth-order valence-electron chi connectivity index (χ4n) is 1.91. The molecular formula is C15H20N4O. The standard InChI is InChI=1S/C15H20N4O/c1-11(2)14(8-16)18-15(20)12-9-17-19(10-12)13-6-4-3-5-7-13/h3-7,9-11,14H,8,16H2,1-2H3,(H,18,20). The zero-order valence-electron chi connectivity index (χ0n) is 11.8. The summed E-state index contributed by atoms with van der Waals surface area (Å²) in [7, 11) is 0. The average Bonchev–Trinajstić information content (AvgIpc) is 2.95. The third kappa shape index (κ3) is 3.24. The minimum absolute atomic E-state index is 0.0254. The van der Waals surface area contributed by atoms with Crippen molar-refractivity contribution in [2.24, 2.45) is 11.7 Å². The highest BCUT2D eigenvalue weighted by Crippen LogP contribution is 2.08. The van der Waals surface area contributed by atoms with E-state index in [9.17, 15) is 4.79 Å². The highest BCUT2D eigenvalue weighted by Gasteiger charge is 2.16. The molecule has 0 spiro atoms. The second-order valence-corrected chi connectivity index (χ2v) is 5.07. The lowest BCUT2D eigenvalue weighted by Gasteiger charge is -2.19. The number of carbonyl (C=O) groups is 1. The van der Waals surface area contributed by atoms with Crippen LogP contribution in [0.4, 0.5) is 0 Å². The summed E-state index contributed by atoms with van der Waals surface area (Å²) in [5, 5.41) is 7.14. The molecular weight excluding hydrogens is 252 g/mol. The van der Waals surface area contributed by atoms with E-state index in [1.54, 1.807) is 17.1 Å². The van der Waals surface area contributed by atoms with E-state index >= 15 is 0 Å². The van der Waals surface area contributed by atoms with Crippen LogP contribution < -0.4 is 11.1 Å². The molecule has 1 aromatic carbocycles. The molecule has 1 atom stereocenters. The summed E-state index contributed by atoms with van der Waals surface area (Å²) in [6.45, 7) is 4.49. The van der Waals surface area contributed by atoms with Crippen molar-refractivity contribution in [3.05, 3.63) is 48.3 Å². The summed E-state index contributed by atoms with van der Waals surface area (Å²) < 4.78 is 1.68. The summed E-state index contributed by atoms with van der Waals surface area (Å²) in [6, 6.07) is 9.65. The summed E-state index contributed by atoms with van der Waals surface area (Å²) in [6.07, 6.45) is 3.29. The van der Waals surface area contributed by atoms with Crippen LogP contribution in [0.1, 0.15) is 24.2 Å². The van der Waals surface area contributed by atoms with Gasteiger partial charge in [-0.2, -0.15) is 5.10 Å². The highest BCUT2D eigenvalue weighted by atomic mass is 16.1. The molecule has 2 aromatic rings. The van der Waals surface area contributed by atoms with Crippen molar-refractivity contribution in [1.82, 2.24) is 15.1 Å². The summed E-state index contributed by atoms with van der Waals surface area (Å²) >= 11 is 0. The Kier molecular flexibility index (Phi) is 4.53. The molecule has 5 nitrogen and oxygen atoms in total. The Morgan fingerprint density at radius 3 is 2.65 bits per heavy atom. The van der Waals surface area contributed by atoms with E-state index in [-0.39, 0.29) is 11.9 Å². The maximum absolute atomic E-state index is 12.1. The van der Waals surface area contributed by atoms with Crippen molar-refractivity contribution in [2.75, 3.05) is 6.54 Å². The first-order chi connectivity index (χ1) is 9.61. The van der Waals surface area contributed by atoms with E-state index in [2.05, 4.69) is 10.4 Å². The van der Waals surface area contributed by atoms with Crippen molar-refractivity contribution in [1.29, 1.82) is 0 Å². The molecule has 1 amide bonds. The molecule has 106 valence electrons. The molecule has 0 saturated carbocycles. The minimum Gasteiger partial charge on any atom is -0.348 e. The van der Waals surface area contributed by atoms with Crippen LogP contribution in [0.2, 0.25) is 0 Å². The first kappa shape index (κ1) is 14.3. The molecule has 0 aliphatic heterocycles. The molecule has 1 heterocycles. The van der Waals surface area contributed by atoms with Crippen LogP contribution in [0.3, 0.4) is 0 Å². The number of benzene rings is 1. The summed E-state index contributed by atoms with van der Waals surface area (Å²) in [4.78, 5) is 12.1. The molecule has 0 radical (unpaired) electrons. The number of nitrogens with two attached hydrogens (primary N) is 1. The third-order valence-corrected chi connectivity index (χ3v) is 3.24. The fourth-order valence-corrected chi connectivity index (χ4v) is 1.91. The van der Waals surface area contributed by atoms with E-state index in [4.69, 9.17) is 5.73 Å². The number of nitrogens with one attached hydrogen (secondary N) is 1. The largest absolute Gasteiger partial charge is 0.348 e. The van der Waals surface area contributed by atoms with Gasteiger partial charge in [0.1, 0.15) is 0 Å². The van der Waals surface area contributed by atoms with Crippen LogP contribution in [-0.4, -0.2) is 28.3 Å². The second kappa shape index (κ2) is 6.34. The molecule has 2 rings (SSSR count). The molecule has 20 heavy (non-hydrogen) atoms. The first-order valence-electron chi connectivity index (χ1n) is 6.73. The fraction of sp³-hybridized carbons (Fsp3) is 0.333. The Labute approximate surface area is 118 Å². The molecule has 0 bridgehead atoms. The second-order valence-electron chi connectivity index (χ2n) is 5.07. The van der Waals surface area contributed by atoms with Crippen LogP contribution in [0.15, 0.2) is 42.7 Å². The SMILES string of the molecule is CC(C)C(CN)NC(=O)c1cnn(-c2ccccc2)c1. The van der Waals surface area contributed by atoms with E-state index in [0.717, 1.165) is 5.69 Å². The summed E-state index contributed by atoms with van der Waals surface area (Å²) in [5.74, 6) is 0.157. The molecule has 0 aliphatic rings. The van der Waals surface area contributed by atoms with Crippen LogP contribution >= 0.6 is 0 Å². The van der Waals surface area contributed by atoms with Crippen molar-refractivity contribution in [3.8, 4) is 5.69 Å². The van der Waals surface area contributed by atoms with Crippen molar-refractivity contribution < 1.29 is 4.79 Å². The van der Waals surface area contributed by atoms with Crippen molar-refractivity contribution in [3.63, 3.8) is 0 Å². The summed E-state index contributed by atoms with van der Waals surface area (Å²) in [5.41, 5.74) is 7.12. The average molecular weight is 272 g/mol. The molecule has 0 saturated heterocycles. The van der Waals surface area contributed by atoms with Gasteiger partial charge >= 0.3 is 0 Å². The lowest BCUT2D eigenvalue weighted by atomic mass is 10.0. The molecule has 1 unspecified atom stereocenters. The first-order valence-corrected chi connectivity index (χ1v) is 6.73. The lowest BCUT2D eigenvalue weighted by Crippen LogP contribution is -2.43. The normalized spacial score (nSPS) is 12.4. The third-order valence-electron chi connectivity index (χ3n) is 3.24. The van der Waals surface area contributed by atoms with Gasteiger partial charge in [0.05, 0.1) is 17.4 Å². The van der Waals surface area contributed by atoms with Crippen molar-refractivity contribution in [2.45, 2.75) is 19.9 Å². The van der Waals surface area contributed by atoms with E-state index in [0.29, 0.717) is 18.0 Å². The molecule has 0 fully saturated rings. The van der Waals surface area contributed by atoms with Crippen LogP contribution in [0.5, 0.6) is 0 Å². The van der Waals surface area contributed by atoms with Crippen LogP contribution in [0.25, 0.3) is 5.69 Å². The number of carbonyl (C=O) groups excluding carboxylic acids is 1. The molecule has 0 aliphatic carbocycles. The Morgan fingerprint density at radius 1 is 1.35 bits per heavy atom. The van der Waals surface area contributed by atoms with E-state index in [1.807, 2.05) is 44.2 Å². The van der Waals surface area contributed by atoms with Gasteiger partial charge in [-0.05, 0) is 18.1 Å². The highest BCUT2D eigenvalue weighted by molar-refractivity contribution is 5.94. The van der Waals surface area contributed by atoms with Gasteiger partial charge < -0.3 is 11.1 Å². The van der Waals surface area contributed by atoms with Gasteiger partial charge in [-0.1, -0.05) is 32.0 Å². The number of aromatic nitrogens is 2. The van der Waals surface area contributed by atoms with E-state index < -0.39 is 0 Å². The Hall–Kier alpha value is -2.14. The number of nitrogens with zero attached hydrogens (tertiary/aromatic N) is 2. The zero-order chi connectivity index (χ0) is 14.5. The van der Waals surface area contributed by atoms with Gasteiger partial charge in [-0.15, -0.1) is 0 Å². The lowest BCUT2D eigenvalue weighted by molar-refractivity contribution is 0.0928. The number of rotatable bonds is 5. The monoisotopic (exact) mass is 272 g/mol. The Balaban J connectivity index is 2.11. The minimum atomic E-state index is -0.142. The topological polar surface area (TPSA) is 72.9 Å². The number of para-hydroxylation sites is 1. The van der Waals surface area contributed by atoms with E-state index in [1.165, 1.54) is 0 Å². The molecule has 3 N–H and O–H groups in total. The van der Waals surface area contributed by atoms with Gasteiger partial charge in [0.15, 0.2) is 0 Å². The number of hydrogen-bond donors (Lipinski definition) is 2. The van der Waals surface area contributed by atoms with Crippen molar-refractivity contribution >= 4 is 5.91 Å². The maximum atomic E-state index is 12.1. The number of amides is 1. The van der Waals surface area contributed by atoms with Gasteiger partial charge in [-0.25, -0.2) is 4.68 Å².